The van der Waals surface area contributed by atoms with Gasteiger partial charge in [-0.25, -0.2) is 0 Å². The number of ether oxygens (including phenoxy) is 1. The number of carbonyl (C=O) groups excluding carboxylic acids is 1. The molecule has 0 spiro atoms. The van der Waals surface area contributed by atoms with Gasteiger partial charge in [-0.3, -0.25) is 4.79 Å². The number of alkyl halides is 3. The van der Waals surface area contributed by atoms with Crippen LogP contribution in [-0.4, -0.2) is 12.0 Å². The van der Waals surface area contributed by atoms with Crippen molar-refractivity contribution in [1.29, 1.82) is 0 Å². The molecule has 0 bridgehead atoms. The van der Waals surface area contributed by atoms with E-state index in [2.05, 4.69) is 5.32 Å². The summed E-state index contributed by atoms with van der Waals surface area (Å²) in [6.45, 7) is 5.30. The summed E-state index contributed by atoms with van der Waals surface area (Å²) in [6, 6.07) is 8.24. The third-order valence-corrected chi connectivity index (χ3v) is 3.76. The van der Waals surface area contributed by atoms with E-state index in [0.717, 1.165) is 29.3 Å². The van der Waals surface area contributed by atoms with Crippen LogP contribution >= 0.6 is 11.6 Å². The van der Waals surface area contributed by atoms with E-state index < -0.39 is 23.8 Å². The van der Waals surface area contributed by atoms with Gasteiger partial charge in [0.2, 0.25) is 0 Å². The highest BCUT2D eigenvalue weighted by Crippen LogP contribution is 2.34. The molecule has 0 heterocycles. The lowest BCUT2D eigenvalue weighted by atomic mass is 10.1. The fraction of sp³-hybridized carbons (Fsp3) is 0.278. The minimum absolute atomic E-state index is 0.0138. The summed E-state index contributed by atoms with van der Waals surface area (Å²) in [7, 11) is 0. The molecule has 0 aliphatic heterocycles. The number of anilines is 1. The third kappa shape index (κ3) is 5.13. The zero-order valence-corrected chi connectivity index (χ0v) is 14.6. The number of rotatable bonds is 4. The summed E-state index contributed by atoms with van der Waals surface area (Å²) < 4.78 is 43.9. The van der Waals surface area contributed by atoms with Gasteiger partial charge in [0.1, 0.15) is 5.75 Å². The van der Waals surface area contributed by atoms with Crippen LogP contribution in [0.2, 0.25) is 5.02 Å². The molecule has 0 unspecified atom stereocenters. The molecule has 3 nitrogen and oxygen atoms in total. The first-order chi connectivity index (χ1) is 11.6. The van der Waals surface area contributed by atoms with Crippen LogP contribution in [0.5, 0.6) is 5.75 Å². The summed E-state index contributed by atoms with van der Waals surface area (Å²) in [5.74, 6) is -0.0873. The van der Waals surface area contributed by atoms with E-state index >= 15 is 0 Å². The first kappa shape index (κ1) is 19.1. The summed E-state index contributed by atoms with van der Waals surface area (Å²) in [5, 5.41) is 2.39. The standard InChI is InChI=1S/C18H17ClF3NO2/c1-10-6-11(2)8-14(7-10)25-12(3)17(24)23-16-9-13(18(20,21)22)4-5-15(16)19/h4-9,12H,1-3H3,(H,23,24)/t12-/m1/s1. The molecule has 2 aromatic rings. The summed E-state index contributed by atoms with van der Waals surface area (Å²) in [5.41, 5.74) is 0.944. The number of hydrogen-bond donors (Lipinski definition) is 1. The van der Waals surface area contributed by atoms with Crippen LogP contribution < -0.4 is 10.1 Å². The molecule has 0 saturated heterocycles. The number of nitrogens with one attached hydrogen (secondary N) is 1. The second-order valence-electron chi connectivity index (χ2n) is 5.77. The normalized spacial score (nSPS) is 12.6. The van der Waals surface area contributed by atoms with Gasteiger partial charge in [-0.1, -0.05) is 17.7 Å². The molecule has 25 heavy (non-hydrogen) atoms. The minimum Gasteiger partial charge on any atom is -0.481 e. The fourth-order valence-corrected chi connectivity index (χ4v) is 2.46. The highest BCUT2D eigenvalue weighted by molar-refractivity contribution is 6.33. The average Bonchev–Trinajstić information content (AvgIpc) is 2.47. The molecule has 0 aliphatic rings. The van der Waals surface area contributed by atoms with Crippen molar-refractivity contribution >= 4 is 23.2 Å². The van der Waals surface area contributed by atoms with Crippen molar-refractivity contribution in [3.05, 3.63) is 58.1 Å². The Kier molecular flexibility index (Phi) is 5.62. The lowest BCUT2D eigenvalue weighted by Gasteiger charge is -2.17. The molecule has 2 rings (SSSR count). The second-order valence-corrected chi connectivity index (χ2v) is 6.17. The van der Waals surface area contributed by atoms with Gasteiger partial charge in [0, 0.05) is 0 Å². The molecule has 2 aromatic carbocycles. The Morgan fingerprint density at radius 1 is 1.12 bits per heavy atom. The molecule has 1 atom stereocenters. The molecule has 134 valence electrons. The van der Waals surface area contributed by atoms with Crippen molar-refractivity contribution in [2.45, 2.75) is 33.1 Å². The summed E-state index contributed by atoms with van der Waals surface area (Å²) >= 11 is 5.87. The fourth-order valence-electron chi connectivity index (χ4n) is 2.29. The van der Waals surface area contributed by atoms with Crippen LogP contribution in [-0.2, 0) is 11.0 Å². The molecule has 1 amide bonds. The molecular weight excluding hydrogens is 355 g/mol. The monoisotopic (exact) mass is 371 g/mol. The van der Waals surface area contributed by atoms with Crippen LogP contribution in [0.15, 0.2) is 36.4 Å². The van der Waals surface area contributed by atoms with Crippen molar-refractivity contribution in [2.24, 2.45) is 0 Å². The first-order valence-corrected chi connectivity index (χ1v) is 7.86. The predicted molar refractivity (Wildman–Crippen MR) is 91.1 cm³/mol. The summed E-state index contributed by atoms with van der Waals surface area (Å²) in [4.78, 5) is 12.2. The molecule has 0 aliphatic carbocycles. The lowest BCUT2D eigenvalue weighted by molar-refractivity contribution is -0.137. The van der Waals surface area contributed by atoms with Gasteiger partial charge in [0.05, 0.1) is 16.3 Å². The van der Waals surface area contributed by atoms with E-state index in [1.165, 1.54) is 6.92 Å². The van der Waals surface area contributed by atoms with Crippen LogP contribution in [0.1, 0.15) is 23.6 Å². The maximum Gasteiger partial charge on any atom is 0.416 e. The Hall–Kier alpha value is -2.21. The van der Waals surface area contributed by atoms with E-state index in [-0.39, 0.29) is 10.7 Å². The minimum atomic E-state index is -4.52. The average molecular weight is 372 g/mol. The molecule has 7 heteroatoms. The van der Waals surface area contributed by atoms with Gasteiger partial charge < -0.3 is 10.1 Å². The van der Waals surface area contributed by atoms with Crippen molar-refractivity contribution in [3.8, 4) is 5.75 Å². The van der Waals surface area contributed by atoms with E-state index in [9.17, 15) is 18.0 Å². The highest BCUT2D eigenvalue weighted by Gasteiger charge is 2.31. The maximum atomic E-state index is 12.8. The Balaban J connectivity index is 2.13. The first-order valence-electron chi connectivity index (χ1n) is 7.49. The summed E-state index contributed by atoms with van der Waals surface area (Å²) in [6.07, 6.45) is -5.43. The van der Waals surface area contributed by atoms with E-state index in [1.807, 2.05) is 19.9 Å². The highest BCUT2D eigenvalue weighted by atomic mass is 35.5. The predicted octanol–water partition coefficient (Wildman–Crippen LogP) is 5.38. The zero-order valence-electron chi connectivity index (χ0n) is 13.9. The van der Waals surface area contributed by atoms with Gasteiger partial charge in [-0.05, 0) is 62.2 Å². The Morgan fingerprint density at radius 3 is 2.28 bits per heavy atom. The smallest absolute Gasteiger partial charge is 0.416 e. The van der Waals surface area contributed by atoms with Crippen LogP contribution in [0, 0.1) is 13.8 Å². The third-order valence-electron chi connectivity index (χ3n) is 3.43. The van der Waals surface area contributed by atoms with Crippen molar-refractivity contribution in [1.82, 2.24) is 0 Å². The number of carbonyl (C=O) groups is 1. The molecule has 0 saturated carbocycles. The molecule has 0 fully saturated rings. The van der Waals surface area contributed by atoms with Crippen LogP contribution in [0.3, 0.4) is 0 Å². The molecule has 0 aromatic heterocycles. The topological polar surface area (TPSA) is 38.3 Å². The largest absolute Gasteiger partial charge is 0.481 e. The van der Waals surface area contributed by atoms with Crippen molar-refractivity contribution in [3.63, 3.8) is 0 Å². The Bertz CT molecular complexity index is 770. The lowest BCUT2D eigenvalue weighted by Crippen LogP contribution is -2.30. The van der Waals surface area contributed by atoms with Crippen LogP contribution in [0.25, 0.3) is 0 Å². The van der Waals surface area contributed by atoms with Gasteiger partial charge in [-0.2, -0.15) is 13.2 Å². The van der Waals surface area contributed by atoms with Gasteiger partial charge >= 0.3 is 6.18 Å². The van der Waals surface area contributed by atoms with Crippen molar-refractivity contribution in [2.75, 3.05) is 5.32 Å². The maximum absolute atomic E-state index is 12.8. The van der Waals surface area contributed by atoms with Crippen LogP contribution in [0.4, 0.5) is 18.9 Å². The Morgan fingerprint density at radius 2 is 1.72 bits per heavy atom. The van der Waals surface area contributed by atoms with Crippen molar-refractivity contribution < 1.29 is 22.7 Å². The van der Waals surface area contributed by atoms with E-state index in [1.54, 1.807) is 12.1 Å². The molecule has 0 radical (unpaired) electrons. The number of halogens is 4. The van der Waals surface area contributed by atoms with E-state index in [4.69, 9.17) is 16.3 Å². The Labute approximate surface area is 148 Å². The second kappa shape index (κ2) is 7.35. The quantitative estimate of drug-likeness (QED) is 0.783. The van der Waals surface area contributed by atoms with Gasteiger partial charge in [0.15, 0.2) is 6.10 Å². The number of aryl methyl sites for hydroxylation is 2. The zero-order chi connectivity index (χ0) is 18.8. The number of benzene rings is 2. The van der Waals surface area contributed by atoms with Gasteiger partial charge in [-0.15, -0.1) is 0 Å². The van der Waals surface area contributed by atoms with E-state index in [0.29, 0.717) is 5.75 Å². The molecular formula is C18H17ClF3NO2. The number of amides is 1. The number of hydrogen-bond acceptors (Lipinski definition) is 2. The van der Waals surface area contributed by atoms with Gasteiger partial charge in [0.25, 0.3) is 5.91 Å². The SMILES string of the molecule is Cc1cc(C)cc(O[C@H](C)C(=O)Nc2cc(C(F)(F)F)ccc2Cl)c1. The molecule has 1 N–H and O–H groups in total.